The molecule has 140 valence electrons. The number of amides is 1. The van der Waals surface area contributed by atoms with Crippen LogP contribution < -0.4 is 21.0 Å². The summed E-state index contributed by atoms with van der Waals surface area (Å²) in [6.45, 7) is 2.84. The molecule has 6 heteroatoms. The summed E-state index contributed by atoms with van der Waals surface area (Å²) in [6, 6.07) is 14.8. The molecule has 0 aliphatic carbocycles. The molecular weight excluding hydrogens is 344 g/mol. The smallest absolute Gasteiger partial charge is 0.336 e. The molecule has 0 aliphatic heterocycles. The van der Waals surface area contributed by atoms with Gasteiger partial charge in [-0.1, -0.05) is 12.1 Å². The average molecular weight is 366 g/mol. The number of aryl methyl sites for hydroxylation is 1. The van der Waals surface area contributed by atoms with Crippen LogP contribution >= 0.6 is 0 Å². The van der Waals surface area contributed by atoms with Crippen LogP contribution in [-0.2, 0) is 11.3 Å². The number of hydrogen-bond donors (Lipinski definition) is 1. The minimum atomic E-state index is -0.396. The lowest BCUT2D eigenvalue weighted by Crippen LogP contribution is -2.28. The number of ether oxygens (including phenoxy) is 1. The van der Waals surface area contributed by atoms with Gasteiger partial charge in [0.2, 0.25) is 5.91 Å². The molecule has 0 unspecified atom stereocenters. The number of benzene rings is 2. The molecule has 0 saturated carbocycles. The molecule has 0 spiro atoms. The lowest BCUT2D eigenvalue weighted by atomic mass is 10.1. The molecule has 0 radical (unpaired) electrons. The van der Waals surface area contributed by atoms with Crippen molar-refractivity contribution in [3.05, 3.63) is 70.1 Å². The number of anilines is 1. The highest BCUT2D eigenvalue weighted by atomic mass is 16.5. The lowest BCUT2D eigenvalue weighted by molar-refractivity contribution is -0.117. The fourth-order valence-corrected chi connectivity index (χ4v) is 3.01. The molecule has 0 bridgehead atoms. The predicted octanol–water partition coefficient (Wildman–Crippen LogP) is 2.99. The van der Waals surface area contributed by atoms with Crippen molar-refractivity contribution >= 4 is 22.6 Å². The normalized spacial score (nSPS) is 10.7. The van der Waals surface area contributed by atoms with Crippen molar-refractivity contribution in [1.29, 1.82) is 0 Å². The highest BCUT2D eigenvalue weighted by Gasteiger charge is 2.13. The van der Waals surface area contributed by atoms with E-state index in [2.05, 4.69) is 0 Å². The number of rotatable bonds is 7. The summed E-state index contributed by atoms with van der Waals surface area (Å²) >= 11 is 0. The van der Waals surface area contributed by atoms with Gasteiger partial charge in [0.05, 0.1) is 7.11 Å². The van der Waals surface area contributed by atoms with Crippen LogP contribution in [0.3, 0.4) is 0 Å². The van der Waals surface area contributed by atoms with E-state index in [0.717, 1.165) is 28.0 Å². The van der Waals surface area contributed by atoms with Crippen molar-refractivity contribution < 1.29 is 13.9 Å². The van der Waals surface area contributed by atoms with Gasteiger partial charge in [0, 0.05) is 36.7 Å². The van der Waals surface area contributed by atoms with E-state index in [-0.39, 0.29) is 12.3 Å². The van der Waals surface area contributed by atoms with E-state index in [1.807, 2.05) is 54.3 Å². The van der Waals surface area contributed by atoms with Gasteiger partial charge in [-0.05, 0) is 48.4 Å². The van der Waals surface area contributed by atoms with E-state index in [4.69, 9.17) is 14.9 Å². The molecule has 0 atom stereocenters. The number of primary amides is 1. The van der Waals surface area contributed by atoms with Gasteiger partial charge in [0.1, 0.15) is 11.3 Å². The van der Waals surface area contributed by atoms with Crippen molar-refractivity contribution in [1.82, 2.24) is 0 Å². The first-order valence-electron chi connectivity index (χ1n) is 8.67. The molecule has 3 rings (SSSR count). The topological polar surface area (TPSA) is 85.8 Å². The van der Waals surface area contributed by atoms with Crippen molar-refractivity contribution in [2.24, 2.45) is 5.73 Å². The highest BCUT2D eigenvalue weighted by Crippen LogP contribution is 2.24. The quantitative estimate of drug-likeness (QED) is 0.650. The summed E-state index contributed by atoms with van der Waals surface area (Å²) in [5.41, 5.74) is 8.26. The fourth-order valence-electron chi connectivity index (χ4n) is 3.01. The molecule has 1 aromatic heterocycles. The third kappa shape index (κ3) is 4.47. The maximum Gasteiger partial charge on any atom is 0.336 e. The molecule has 2 aromatic carbocycles. The van der Waals surface area contributed by atoms with E-state index in [1.165, 1.54) is 6.07 Å². The van der Waals surface area contributed by atoms with Crippen LogP contribution in [0.25, 0.3) is 11.0 Å². The first-order chi connectivity index (χ1) is 13.0. The van der Waals surface area contributed by atoms with Gasteiger partial charge in [-0.25, -0.2) is 4.79 Å². The lowest BCUT2D eigenvalue weighted by Gasteiger charge is -2.25. The maximum atomic E-state index is 12.0. The van der Waals surface area contributed by atoms with E-state index in [9.17, 15) is 9.59 Å². The predicted molar refractivity (Wildman–Crippen MR) is 105 cm³/mol. The fraction of sp³-hybridized carbons (Fsp3) is 0.238. The van der Waals surface area contributed by atoms with Crippen molar-refractivity contribution in [3.63, 3.8) is 0 Å². The summed E-state index contributed by atoms with van der Waals surface area (Å²) < 4.78 is 10.5. The number of hydrogen-bond acceptors (Lipinski definition) is 5. The third-order valence-electron chi connectivity index (χ3n) is 4.41. The Hall–Kier alpha value is -3.28. The molecule has 0 saturated heterocycles. The Kier molecular flexibility index (Phi) is 5.45. The van der Waals surface area contributed by atoms with Gasteiger partial charge in [0.15, 0.2) is 0 Å². The average Bonchev–Trinajstić information content (AvgIpc) is 2.64. The van der Waals surface area contributed by atoms with Gasteiger partial charge in [0.25, 0.3) is 0 Å². The second kappa shape index (κ2) is 7.95. The number of carbonyl (C=O) groups excluding carboxylic acids is 1. The molecular formula is C21H22N2O4. The highest BCUT2D eigenvalue weighted by molar-refractivity contribution is 5.81. The van der Waals surface area contributed by atoms with Crippen molar-refractivity contribution in [2.75, 3.05) is 18.6 Å². The largest absolute Gasteiger partial charge is 0.497 e. The SMILES string of the molecule is COc1ccc(N(CCC(N)=O)Cc2cc(=O)oc3cc(C)ccc23)cc1. The standard InChI is InChI=1S/C21H22N2O4/c1-14-3-8-18-15(12-21(25)27-19(18)11-14)13-23(10-9-20(22)24)16-4-6-17(26-2)7-5-16/h3-8,11-12H,9-10,13H2,1-2H3,(H2,22,24). The van der Waals surface area contributed by atoms with Gasteiger partial charge < -0.3 is 19.8 Å². The minimum absolute atomic E-state index is 0.213. The Morgan fingerprint density at radius 2 is 1.89 bits per heavy atom. The van der Waals surface area contributed by atoms with Crippen LogP contribution in [0.1, 0.15) is 17.5 Å². The van der Waals surface area contributed by atoms with Gasteiger partial charge in [-0.3, -0.25) is 4.79 Å². The monoisotopic (exact) mass is 366 g/mol. The number of fused-ring (bicyclic) bond motifs is 1. The molecule has 0 aliphatic rings. The van der Waals surface area contributed by atoms with Crippen LogP contribution in [-0.4, -0.2) is 19.6 Å². The first kappa shape index (κ1) is 18.5. The third-order valence-corrected chi connectivity index (χ3v) is 4.41. The van der Waals surface area contributed by atoms with E-state index in [0.29, 0.717) is 18.7 Å². The second-order valence-electron chi connectivity index (χ2n) is 6.43. The minimum Gasteiger partial charge on any atom is -0.497 e. The molecule has 3 aromatic rings. The maximum absolute atomic E-state index is 12.0. The number of methoxy groups -OCH3 is 1. The van der Waals surface area contributed by atoms with E-state index in [1.54, 1.807) is 7.11 Å². The first-order valence-corrected chi connectivity index (χ1v) is 8.67. The number of nitrogens with zero attached hydrogens (tertiary/aromatic N) is 1. The van der Waals surface area contributed by atoms with Gasteiger partial charge in [-0.2, -0.15) is 0 Å². The number of carbonyl (C=O) groups is 1. The zero-order chi connectivity index (χ0) is 19.4. The Labute approximate surface area is 157 Å². The Bertz CT molecular complexity index is 1010. The van der Waals surface area contributed by atoms with Crippen LogP contribution in [0.2, 0.25) is 0 Å². The summed E-state index contributed by atoms with van der Waals surface area (Å²) in [5.74, 6) is 0.372. The molecule has 1 amide bonds. The van der Waals surface area contributed by atoms with Gasteiger partial charge in [-0.15, -0.1) is 0 Å². The zero-order valence-electron chi connectivity index (χ0n) is 15.4. The van der Waals surface area contributed by atoms with Crippen molar-refractivity contribution in [3.8, 4) is 5.75 Å². The van der Waals surface area contributed by atoms with E-state index >= 15 is 0 Å². The molecule has 1 heterocycles. The Balaban J connectivity index is 1.99. The Morgan fingerprint density at radius 3 is 2.56 bits per heavy atom. The molecule has 6 nitrogen and oxygen atoms in total. The van der Waals surface area contributed by atoms with Crippen LogP contribution in [0.5, 0.6) is 5.75 Å². The molecule has 0 fully saturated rings. The molecule has 2 N–H and O–H groups in total. The summed E-state index contributed by atoms with van der Waals surface area (Å²) in [4.78, 5) is 25.3. The van der Waals surface area contributed by atoms with Crippen molar-refractivity contribution in [2.45, 2.75) is 19.9 Å². The summed E-state index contributed by atoms with van der Waals surface area (Å²) in [7, 11) is 1.61. The van der Waals surface area contributed by atoms with Crippen LogP contribution in [0.15, 0.2) is 57.7 Å². The Morgan fingerprint density at radius 1 is 1.15 bits per heavy atom. The summed E-state index contributed by atoms with van der Waals surface area (Å²) in [5, 5.41) is 0.873. The number of nitrogens with two attached hydrogens (primary N) is 1. The van der Waals surface area contributed by atoms with Crippen LogP contribution in [0, 0.1) is 6.92 Å². The molecule has 27 heavy (non-hydrogen) atoms. The summed E-state index contributed by atoms with van der Waals surface area (Å²) in [6.07, 6.45) is 0.213. The zero-order valence-corrected chi connectivity index (χ0v) is 15.4. The van der Waals surface area contributed by atoms with Gasteiger partial charge >= 0.3 is 5.63 Å². The van der Waals surface area contributed by atoms with Crippen LogP contribution in [0.4, 0.5) is 5.69 Å². The second-order valence-corrected chi connectivity index (χ2v) is 6.43. The van der Waals surface area contributed by atoms with E-state index < -0.39 is 5.63 Å².